The lowest BCUT2D eigenvalue weighted by Crippen LogP contribution is -2.42. The molecule has 144 valence electrons. The molecule has 2 atom stereocenters. The maximum Gasteiger partial charge on any atom is 0.312 e. The molecule has 1 saturated carbocycles. The Morgan fingerprint density at radius 3 is 2.70 bits per heavy atom. The summed E-state index contributed by atoms with van der Waals surface area (Å²) in [7, 11) is 0. The molecule has 0 unspecified atom stereocenters. The number of nitrogens with one attached hydrogen (secondary N) is 1. The van der Waals surface area contributed by atoms with Gasteiger partial charge in [0.2, 0.25) is 0 Å². The third-order valence-corrected chi connectivity index (χ3v) is 5.94. The van der Waals surface area contributed by atoms with E-state index in [1.165, 1.54) is 23.3 Å². The van der Waals surface area contributed by atoms with Crippen LogP contribution in [0.15, 0.2) is 29.6 Å². The van der Waals surface area contributed by atoms with Gasteiger partial charge in [-0.25, -0.2) is 4.98 Å². The standard InChI is InChI=1S/C21H26N2O3S/c1-14-7-9-16(10-8-14)21-22-17(13-27-21)11-20(25)26-12-19(24)23-18-6-4-3-5-15(18)2/h7-10,13,15,18H,3-6,11-12H2,1-2H3,(H,23,24)/t15-,18+/m0/s1. The summed E-state index contributed by atoms with van der Waals surface area (Å²) in [5.41, 5.74) is 2.90. The zero-order valence-corrected chi connectivity index (χ0v) is 16.7. The van der Waals surface area contributed by atoms with Crippen LogP contribution in [0, 0.1) is 12.8 Å². The second-order valence-electron chi connectivity index (χ2n) is 7.28. The van der Waals surface area contributed by atoms with Crippen LogP contribution < -0.4 is 5.32 Å². The van der Waals surface area contributed by atoms with Gasteiger partial charge in [0.05, 0.1) is 12.1 Å². The van der Waals surface area contributed by atoms with E-state index in [0.717, 1.165) is 29.8 Å². The van der Waals surface area contributed by atoms with Gasteiger partial charge in [0.25, 0.3) is 5.91 Å². The predicted octanol–water partition coefficient (Wildman–Crippen LogP) is 3.90. The molecule has 1 fully saturated rings. The smallest absolute Gasteiger partial charge is 0.312 e. The maximum atomic E-state index is 12.0. The van der Waals surface area contributed by atoms with Gasteiger partial charge >= 0.3 is 5.97 Å². The molecule has 1 aliphatic rings. The molecule has 1 aromatic carbocycles. The number of rotatable bonds is 6. The Bertz CT molecular complexity index is 785. The topological polar surface area (TPSA) is 68.3 Å². The molecule has 1 aliphatic carbocycles. The summed E-state index contributed by atoms with van der Waals surface area (Å²) in [6.07, 6.45) is 4.58. The normalized spacial score (nSPS) is 19.5. The van der Waals surface area contributed by atoms with E-state index >= 15 is 0 Å². The summed E-state index contributed by atoms with van der Waals surface area (Å²) in [6.45, 7) is 3.97. The van der Waals surface area contributed by atoms with Crippen molar-refractivity contribution in [1.82, 2.24) is 10.3 Å². The van der Waals surface area contributed by atoms with Crippen LogP contribution in [0.1, 0.15) is 43.9 Å². The number of esters is 1. The van der Waals surface area contributed by atoms with Crippen LogP contribution in [0.3, 0.4) is 0 Å². The van der Waals surface area contributed by atoms with Crippen molar-refractivity contribution >= 4 is 23.2 Å². The van der Waals surface area contributed by atoms with E-state index in [-0.39, 0.29) is 25.0 Å². The molecule has 0 radical (unpaired) electrons. The zero-order chi connectivity index (χ0) is 19.2. The minimum Gasteiger partial charge on any atom is -0.455 e. The summed E-state index contributed by atoms with van der Waals surface area (Å²) in [4.78, 5) is 28.6. The van der Waals surface area contributed by atoms with Crippen molar-refractivity contribution in [3.8, 4) is 10.6 Å². The molecule has 1 aromatic heterocycles. The highest BCUT2D eigenvalue weighted by Gasteiger charge is 2.23. The number of carbonyl (C=O) groups excluding carboxylic acids is 2. The first kappa shape index (κ1) is 19.5. The number of carbonyl (C=O) groups is 2. The van der Waals surface area contributed by atoms with Crippen molar-refractivity contribution in [3.63, 3.8) is 0 Å². The van der Waals surface area contributed by atoms with Crippen LogP contribution >= 0.6 is 11.3 Å². The summed E-state index contributed by atoms with van der Waals surface area (Å²) >= 11 is 1.50. The molecule has 1 heterocycles. The molecule has 3 rings (SSSR count). The Morgan fingerprint density at radius 1 is 1.22 bits per heavy atom. The van der Waals surface area contributed by atoms with Crippen molar-refractivity contribution in [3.05, 3.63) is 40.9 Å². The second-order valence-corrected chi connectivity index (χ2v) is 8.14. The molecule has 2 aromatic rings. The number of hydrogen-bond acceptors (Lipinski definition) is 5. The highest BCUT2D eigenvalue weighted by Crippen LogP contribution is 2.25. The minimum atomic E-state index is -0.428. The minimum absolute atomic E-state index is 0.0788. The number of aromatic nitrogens is 1. The Kier molecular flexibility index (Phi) is 6.61. The molecule has 1 amide bonds. The van der Waals surface area contributed by atoms with Crippen molar-refractivity contribution < 1.29 is 14.3 Å². The number of nitrogens with zero attached hydrogens (tertiary/aromatic N) is 1. The number of amides is 1. The van der Waals surface area contributed by atoms with E-state index < -0.39 is 5.97 Å². The van der Waals surface area contributed by atoms with Gasteiger partial charge in [-0.2, -0.15) is 0 Å². The molecule has 0 aliphatic heterocycles. The summed E-state index contributed by atoms with van der Waals surface area (Å²) < 4.78 is 5.13. The highest BCUT2D eigenvalue weighted by molar-refractivity contribution is 7.13. The number of ether oxygens (including phenoxy) is 1. The van der Waals surface area contributed by atoms with E-state index in [4.69, 9.17) is 4.74 Å². The molecule has 5 nitrogen and oxygen atoms in total. The third-order valence-electron chi connectivity index (χ3n) is 5.00. The van der Waals surface area contributed by atoms with E-state index in [1.807, 2.05) is 36.6 Å². The van der Waals surface area contributed by atoms with Gasteiger partial charge in [0.15, 0.2) is 6.61 Å². The molecule has 1 N–H and O–H groups in total. The van der Waals surface area contributed by atoms with Crippen molar-refractivity contribution in [1.29, 1.82) is 0 Å². The van der Waals surface area contributed by atoms with Gasteiger partial charge in [0.1, 0.15) is 5.01 Å². The van der Waals surface area contributed by atoms with Gasteiger partial charge in [-0.15, -0.1) is 11.3 Å². The molecule has 0 spiro atoms. The van der Waals surface area contributed by atoms with Gasteiger partial charge in [-0.05, 0) is 25.7 Å². The Morgan fingerprint density at radius 2 is 1.96 bits per heavy atom. The van der Waals surface area contributed by atoms with E-state index in [2.05, 4.69) is 17.2 Å². The zero-order valence-electron chi connectivity index (χ0n) is 15.9. The first-order valence-corrected chi connectivity index (χ1v) is 10.4. The highest BCUT2D eigenvalue weighted by atomic mass is 32.1. The van der Waals surface area contributed by atoms with E-state index in [9.17, 15) is 9.59 Å². The average molecular weight is 387 g/mol. The fourth-order valence-corrected chi connectivity index (χ4v) is 4.17. The van der Waals surface area contributed by atoms with Crippen molar-refractivity contribution in [2.24, 2.45) is 5.92 Å². The lowest BCUT2D eigenvalue weighted by atomic mass is 9.86. The predicted molar refractivity (Wildman–Crippen MR) is 107 cm³/mol. The lowest BCUT2D eigenvalue weighted by molar-refractivity contribution is -0.148. The van der Waals surface area contributed by atoms with Crippen LogP contribution in [0.4, 0.5) is 0 Å². The van der Waals surface area contributed by atoms with Crippen LogP contribution in [-0.2, 0) is 20.7 Å². The van der Waals surface area contributed by atoms with Crippen molar-refractivity contribution in [2.75, 3.05) is 6.61 Å². The molecular weight excluding hydrogens is 360 g/mol. The van der Waals surface area contributed by atoms with Gasteiger partial charge in [0, 0.05) is 17.0 Å². The van der Waals surface area contributed by atoms with Gasteiger partial charge in [-0.3, -0.25) is 9.59 Å². The Labute approximate surface area is 164 Å². The number of thiazole rings is 1. The molecule has 0 saturated heterocycles. The van der Waals surface area contributed by atoms with E-state index in [1.54, 1.807) is 0 Å². The van der Waals surface area contributed by atoms with E-state index in [0.29, 0.717) is 11.6 Å². The molecular formula is C21H26N2O3S. The van der Waals surface area contributed by atoms with Gasteiger partial charge < -0.3 is 10.1 Å². The number of aryl methyl sites for hydroxylation is 1. The Balaban J connectivity index is 1.45. The first-order valence-electron chi connectivity index (χ1n) is 9.47. The molecule has 6 heteroatoms. The first-order chi connectivity index (χ1) is 13.0. The second kappa shape index (κ2) is 9.13. The maximum absolute atomic E-state index is 12.0. The fourth-order valence-electron chi connectivity index (χ4n) is 3.34. The summed E-state index contributed by atoms with van der Waals surface area (Å²) in [5, 5.41) is 5.73. The third kappa shape index (κ3) is 5.63. The SMILES string of the molecule is Cc1ccc(-c2nc(CC(=O)OCC(=O)N[C@@H]3CCCC[C@@H]3C)cs2)cc1. The molecule has 0 bridgehead atoms. The van der Waals surface area contributed by atoms with Crippen LogP contribution in [0.2, 0.25) is 0 Å². The summed E-state index contributed by atoms with van der Waals surface area (Å²) in [5.74, 6) is -0.170. The lowest BCUT2D eigenvalue weighted by Gasteiger charge is -2.29. The van der Waals surface area contributed by atoms with Gasteiger partial charge in [-0.1, -0.05) is 49.6 Å². The Hall–Kier alpha value is -2.21. The van der Waals surface area contributed by atoms with Crippen LogP contribution in [0.5, 0.6) is 0 Å². The average Bonchev–Trinajstić information content (AvgIpc) is 3.11. The van der Waals surface area contributed by atoms with Crippen molar-refractivity contribution in [2.45, 2.75) is 52.0 Å². The quantitative estimate of drug-likeness (QED) is 0.765. The molecule has 27 heavy (non-hydrogen) atoms. The fraction of sp³-hybridized carbons (Fsp3) is 0.476. The number of hydrogen-bond donors (Lipinski definition) is 1. The monoisotopic (exact) mass is 386 g/mol. The largest absolute Gasteiger partial charge is 0.455 e. The van der Waals surface area contributed by atoms with Crippen LogP contribution in [0.25, 0.3) is 10.6 Å². The summed E-state index contributed by atoms with van der Waals surface area (Å²) in [6, 6.07) is 8.31. The van der Waals surface area contributed by atoms with Crippen LogP contribution in [-0.4, -0.2) is 29.5 Å². The number of benzene rings is 1.